The van der Waals surface area contributed by atoms with Crippen LogP contribution in [-0.2, 0) is 4.79 Å². The summed E-state index contributed by atoms with van der Waals surface area (Å²) in [6.45, 7) is 2.15. The van der Waals surface area contributed by atoms with Crippen LogP contribution in [0.15, 0.2) is 36.4 Å². The number of ether oxygens (including phenoxy) is 2. The van der Waals surface area contributed by atoms with Gasteiger partial charge in [-0.2, -0.15) is 0 Å². The first-order chi connectivity index (χ1) is 10.8. The Balaban J connectivity index is 1.49. The second kappa shape index (κ2) is 7.13. The quantitative estimate of drug-likeness (QED) is 0.685. The van der Waals surface area contributed by atoms with Crippen molar-refractivity contribution in [3.05, 3.63) is 42.0 Å². The molecule has 5 heteroatoms. The summed E-state index contributed by atoms with van der Waals surface area (Å²) in [6, 6.07) is 5.75. The van der Waals surface area contributed by atoms with Gasteiger partial charge < -0.3 is 9.47 Å². The lowest BCUT2D eigenvalue weighted by molar-refractivity contribution is -0.121. The molecule has 0 unspecified atom stereocenters. The highest BCUT2D eigenvalue weighted by molar-refractivity contribution is 5.87. The largest absolute Gasteiger partial charge is 0.454 e. The van der Waals surface area contributed by atoms with Gasteiger partial charge in [-0.15, -0.1) is 0 Å². The fourth-order valence-corrected chi connectivity index (χ4v) is 2.53. The van der Waals surface area contributed by atoms with Crippen molar-refractivity contribution >= 4 is 12.0 Å². The Bertz CT molecular complexity index is 590. The molecule has 1 N–H and O–H groups in total. The van der Waals surface area contributed by atoms with Gasteiger partial charge in [-0.25, -0.2) is 5.01 Å². The van der Waals surface area contributed by atoms with E-state index in [4.69, 9.17) is 9.47 Å². The predicted octanol–water partition coefficient (Wildman–Crippen LogP) is 2.50. The van der Waals surface area contributed by atoms with Gasteiger partial charge in [-0.05, 0) is 30.5 Å². The van der Waals surface area contributed by atoms with Crippen LogP contribution < -0.4 is 14.9 Å². The molecule has 1 saturated heterocycles. The number of hydrogen-bond acceptors (Lipinski definition) is 4. The van der Waals surface area contributed by atoms with E-state index in [0.29, 0.717) is 0 Å². The summed E-state index contributed by atoms with van der Waals surface area (Å²) >= 11 is 0. The summed E-state index contributed by atoms with van der Waals surface area (Å²) in [5.74, 6) is 1.44. The molecule has 3 rings (SSSR count). The first kappa shape index (κ1) is 14.7. The van der Waals surface area contributed by atoms with Gasteiger partial charge in [-0.3, -0.25) is 10.2 Å². The van der Waals surface area contributed by atoms with Crippen molar-refractivity contribution in [2.75, 3.05) is 19.9 Å². The van der Waals surface area contributed by atoms with Crippen molar-refractivity contribution in [2.24, 2.45) is 0 Å². The highest BCUT2D eigenvalue weighted by Gasteiger charge is 2.12. The molecule has 2 heterocycles. The normalized spacial score (nSPS) is 18.2. The van der Waals surface area contributed by atoms with Crippen LogP contribution in [-0.4, -0.2) is 30.8 Å². The van der Waals surface area contributed by atoms with Gasteiger partial charge in [0.2, 0.25) is 6.79 Å². The molecule has 5 nitrogen and oxygen atoms in total. The monoisotopic (exact) mass is 300 g/mol. The van der Waals surface area contributed by atoms with Crippen molar-refractivity contribution in [1.29, 1.82) is 0 Å². The molecule has 2 aliphatic rings. The van der Waals surface area contributed by atoms with Gasteiger partial charge in [0.1, 0.15) is 0 Å². The number of hydrazine groups is 1. The highest BCUT2D eigenvalue weighted by Crippen LogP contribution is 2.32. The third kappa shape index (κ3) is 3.89. The van der Waals surface area contributed by atoms with E-state index in [1.54, 1.807) is 6.08 Å². The Morgan fingerprint density at radius 1 is 1.09 bits per heavy atom. The maximum Gasteiger partial charge on any atom is 0.258 e. The molecule has 0 aliphatic carbocycles. The van der Waals surface area contributed by atoms with Gasteiger partial charge in [0.05, 0.1) is 0 Å². The van der Waals surface area contributed by atoms with Gasteiger partial charge in [0, 0.05) is 19.2 Å². The first-order valence-electron chi connectivity index (χ1n) is 7.61. The molecule has 116 valence electrons. The lowest BCUT2D eigenvalue weighted by Gasteiger charge is -2.26. The van der Waals surface area contributed by atoms with Gasteiger partial charge in [0.25, 0.3) is 5.91 Å². The molecule has 2 aliphatic heterocycles. The van der Waals surface area contributed by atoms with Crippen LogP contribution >= 0.6 is 0 Å². The summed E-state index contributed by atoms with van der Waals surface area (Å²) in [4.78, 5) is 11.8. The van der Waals surface area contributed by atoms with Crippen molar-refractivity contribution in [1.82, 2.24) is 10.4 Å². The topological polar surface area (TPSA) is 50.8 Å². The van der Waals surface area contributed by atoms with Gasteiger partial charge in [-0.1, -0.05) is 30.7 Å². The molecule has 1 aromatic carbocycles. The Labute approximate surface area is 130 Å². The molecule has 1 fully saturated rings. The Morgan fingerprint density at radius 3 is 2.77 bits per heavy atom. The van der Waals surface area contributed by atoms with Crippen LogP contribution in [0.3, 0.4) is 0 Å². The van der Waals surface area contributed by atoms with Crippen LogP contribution in [0.4, 0.5) is 0 Å². The van der Waals surface area contributed by atoms with E-state index in [1.165, 1.54) is 12.5 Å². The molecule has 0 atom stereocenters. The number of piperidine rings is 1. The number of fused-ring (bicyclic) bond motifs is 1. The highest BCUT2D eigenvalue weighted by atomic mass is 16.7. The molecule has 1 aromatic rings. The minimum atomic E-state index is -0.0859. The van der Waals surface area contributed by atoms with Crippen molar-refractivity contribution in [2.45, 2.75) is 19.3 Å². The fourth-order valence-electron chi connectivity index (χ4n) is 2.53. The van der Waals surface area contributed by atoms with E-state index in [1.807, 2.05) is 35.4 Å². The molecule has 1 amide bonds. The smallest absolute Gasteiger partial charge is 0.258 e. The number of rotatable bonds is 4. The summed E-state index contributed by atoms with van der Waals surface area (Å²) in [5, 5.41) is 1.98. The van der Waals surface area contributed by atoms with E-state index in [-0.39, 0.29) is 12.7 Å². The first-order valence-corrected chi connectivity index (χ1v) is 7.61. The zero-order valence-corrected chi connectivity index (χ0v) is 12.5. The van der Waals surface area contributed by atoms with E-state index in [0.717, 1.165) is 43.0 Å². The predicted molar refractivity (Wildman–Crippen MR) is 84.3 cm³/mol. The second-order valence-electron chi connectivity index (χ2n) is 5.35. The molecular weight excluding hydrogens is 280 g/mol. The number of amides is 1. The number of nitrogens with one attached hydrogen (secondary N) is 1. The Hall–Kier alpha value is -2.27. The van der Waals surface area contributed by atoms with Gasteiger partial charge >= 0.3 is 0 Å². The summed E-state index contributed by atoms with van der Waals surface area (Å²) in [7, 11) is 0. The number of carbonyl (C=O) groups excluding carboxylic acids is 1. The summed E-state index contributed by atoms with van der Waals surface area (Å²) in [6.07, 6.45) is 10.6. The number of allylic oxidation sites excluding steroid dienone is 2. The van der Waals surface area contributed by atoms with E-state index >= 15 is 0 Å². The molecule has 0 spiro atoms. The zero-order chi connectivity index (χ0) is 15.2. The van der Waals surface area contributed by atoms with E-state index in [2.05, 4.69) is 5.43 Å². The SMILES string of the molecule is O=C(C=CC=Cc1ccc2c(c1)OCO2)NN1CCCCC1. The minimum absolute atomic E-state index is 0.0859. The van der Waals surface area contributed by atoms with Crippen LogP contribution in [0.1, 0.15) is 24.8 Å². The zero-order valence-electron chi connectivity index (χ0n) is 12.5. The number of hydrogen-bond donors (Lipinski definition) is 1. The lowest BCUT2D eigenvalue weighted by atomic mass is 10.2. The summed E-state index contributed by atoms with van der Waals surface area (Å²) in [5.41, 5.74) is 3.89. The van der Waals surface area contributed by atoms with E-state index < -0.39 is 0 Å². The maximum atomic E-state index is 11.8. The minimum Gasteiger partial charge on any atom is -0.454 e. The second-order valence-corrected chi connectivity index (χ2v) is 5.35. The standard InChI is InChI=1S/C17H20N2O3/c20-17(18-19-10-4-1-5-11-19)7-3-2-6-14-8-9-15-16(12-14)22-13-21-15/h2-3,6-9,12H,1,4-5,10-11,13H2,(H,18,20). The van der Waals surface area contributed by atoms with Crippen LogP contribution in [0, 0.1) is 0 Å². The molecule has 0 aromatic heterocycles. The summed E-state index contributed by atoms with van der Waals surface area (Å²) < 4.78 is 10.6. The van der Waals surface area contributed by atoms with Crippen LogP contribution in [0.5, 0.6) is 11.5 Å². The third-order valence-electron chi connectivity index (χ3n) is 3.67. The van der Waals surface area contributed by atoms with Crippen LogP contribution in [0.2, 0.25) is 0 Å². The number of benzene rings is 1. The molecule has 0 saturated carbocycles. The molecular formula is C17H20N2O3. The Morgan fingerprint density at radius 2 is 1.91 bits per heavy atom. The Kier molecular flexibility index (Phi) is 4.75. The molecule has 22 heavy (non-hydrogen) atoms. The third-order valence-corrected chi connectivity index (χ3v) is 3.67. The lowest BCUT2D eigenvalue weighted by Crippen LogP contribution is -2.44. The van der Waals surface area contributed by atoms with Crippen molar-refractivity contribution in [3.63, 3.8) is 0 Å². The maximum absolute atomic E-state index is 11.8. The number of carbonyl (C=O) groups is 1. The van der Waals surface area contributed by atoms with Crippen LogP contribution in [0.25, 0.3) is 6.08 Å². The van der Waals surface area contributed by atoms with E-state index in [9.17, 15) is 4.79 Å². The fraction of sp³-hybridized carbons (Fsp3) is 0.353. The number of nitrogens with zero attached hydrogens (tertiary/aromatic N) is 1. The average molecular weight is 300 g/mol. The van der Waals surface area contributed by atoms with Gasteiger partial charge in [0.15, 0.2) is 11.5 Å². The van der Waals surface area contributed by atoms with Crippen molar-refractivity contribution in [3.8, 4) is 11.5 Å². The van der Waals surface area contributed by atoms with Crippen molar-refractivity contribution < 1.29 is 14.3 Å². The molecule has 0 bridgehead atoms. The average Bonchev–Trinajstić information content (AvgIpc) is 3.00. The molecule has 0 radical (unpaired) electrons.